The normalized spacial score (nSPS) is 18.6. The molecule has 1 atom stereocenters. The molecule has 0 aliphatic carbocycles. The second kappa shape index (κ2) is 5.35. The summed E-state index contributed by atoms with van der Waals surface area (Å²) in [6, 6.07) is 3.50. The van der Waals surface area contributed by atoms with Crippen LogP contribution in [0.1, 0.15) is 0 Å². The van der Waals surface area contributed by atoms with Crippen LogP contribution in [0.3, 0.4) is 0 Å². The zero-order chi connectivity index (χ0) is 15.0. The number of carbonyl (C=O) groups excluding carboxylic acids is 1. The van der Waals surface area contributed by atoms with Gasteiger partial charge in [-0.15, -0.1) is 0 Å². The molecule has 2 rings (SSSR count). The molecule has 1 aromatic rings. The van der Waals surface area contributed by atoms with E-state index in [0.29, 0.717) is 10.0 Å². The first-order valence-corrected chi connectivity index (χ1v) is 6.29. The van der Waals surface area contributed by atoms with E-state index in [1.54, 1.807) is 0 Å². The van der Waals surface area contributed by atoms with Gasteiger partial charge in [-0.3, -0.25) is 0 Å². The van der Waals surface area contributed by atoms with Crippen LogP contribution < -0.4 is 5.01 Å². The predicted octanol–water partition coefficient (Wildman–Crippen LogP) is 2.08. The molecule has 1 saturated heterocycles. The van der Waals surface area contributed by atoms with E-state index in [1.807, 2.05) is 0 Å². The standard InChI is InChI=1S/C11H11Cl2N3O4/c1-14-5-9(17)16(10(14)18)15(11(19)20)8-3-2-6(12)4-7(8)13/h2-4,9,17H,5H2,1H3,(H,19,20). The Morgan fingerprint density at radius 1 is 1.45 bits per heavy atom. The number of aliphatic hydroxyl groups excluding tert-OH is 1. The summed E-state index contributed by atoms with van der Waals surface area (Å²) in [5.74, 6) is 0. The van der Waals surface area contributed by atoms with Crippen LogP contribution in [0, 0.1) is 0 Å². The number of hydrogen-bond donors (Lipinski definition) is 2. The van der Waals surface area contributed by atoms with Crippen molar-refractivity contribution in [2.75, 3.05) is 18.6 Å². The third-order valence-electron chi connectivity index (χ3n) is 2.78. The minimum Gasteiger partial charge on any atom is -0.463 e. The molecule has 0 radical (unpaired) electrons. The minimum atomic E-state index is -1.45. The van der Waals surface area contributed by atoms with E-state index >= 15 is 0 Å². The van der Waals surface area contributed by atoms with Crippen molar-refractivity contribution >= 4 is 41.0 Å². The van der Waals surface area contributed by atoms with Crippen molar-refractivity contribution in [3.05, 3.63) is 28.2 Å². The maximum absolute atomic E-state index is 11.9. The van der Waals surface area contributed by atoms with Gasteiger partial charge in [-0.2, -0.15) is 10.0 Å². The number of nitrogens with zero attached hydrogens (tertiary/aromatic N) is 3. The number of rotatable bonds is 2. The molecule has 0 spiro atoms. The van der Waals surface area contributed by atoms with Crippen LogP contribution in [0.2, 0.25) is 10.0 Å². The summed E-state index contributed by atoms with van der Waals surface area (Å²) >= 11 is 11.7. The number of carboxylic acid groups (broad SMARTS) is 1. The van der Waals surface area contributed by atoms with Gasteiger partial charge in [0.2, 0.25) is 0 Å². The summed E-state index contributed by atoms with van der Waals surface area (Å²) in [5, 5.41) is 20.9. The van der Waals surface area contributed by atoms with E-state index in [-0.39, 0.29) is 17.3 Å². The van der Waals surface area contributed by atoms with E-state index in [4.69, 9.17) is 23.2 Å². The van der Waals surface area contributed by atoms with Crippen LogP contribution in [0.4, 0.5) is 15.3 Å². The number of halogens is 2. The number of aliphatic hydroxyl groups is 1. The first-order chi connectivity index (χ1) is 9.32. The van der Waals surface area contributed by atoms with Crippen molar-refractivity contribution in [3.8, 4) is 0 Å². The van der Waals surface area contributed by atoms with Crippen LogP contribution in [-0.4, -0.2) is 52.1 Å². The lowest BCUT2D eigenvalue weighted by Gasteiger charge is -2.31. The third kappa shape index (κ3) is 2.47. The lowest BCUT2D eigenvalue weighted by Crippen LogP contribution is -2.51. The van der Waals surface area contributed by atoms with Gasteiger partial charge in [0.25, 0.3) is 0 Å². The highest BCUT2D eigenvalue weighted by Gasteiger charge is 2.41. The van der Waals surface area contributed by atoms with Crippen molar-refractivity contribution < 1.29 is 19.8 Å². The Morgan fingerprint density at radius 2 is 2.10 bits per heavy atom. The Morgan fingerprint density at radius 3 is 2.55 bits per heavy atom. The average Bonchev–Trinajstić information content (AvgIpc) is 2.58. The number of hydrazine groups is 1. The molecule has 1 aliphatic heterocycles. The van der Waals surface area contributed by atoms with Crippen LogP contribution in [-0.2, 0) is 0 Å². The summed E-state index contributed by atoms with van der Waals surface area (Å²) in [6.07, 6.45) is -2.73. The second-order valence-electron chi connectivity index (χ2n) is 4.18. The van der Waals surface area contributed by atoms with Gasteiger partial charge >= 0.3 is 12.1 Å². The first kappa shape index (κ1) is 14.7. The quantitative estimate of drug-likeness (QED) is 0.874. The highest BCUT2D eigenvalue weighted by atomic mass is 35.5. The molecule has 1 heterocycles. The number of benzene rings is 1. The largest absolute Gasteiger partial charge is 0.463 e. The molecular weight excluding hydrogens is 309 g/mol. The fourth-order valence-corrected chi connectivity index (χ4v) is 2.37. The summed E-state index contributed by atoms with van der Waals surface area (Å²) < 4.78 is 0. The molecule has 7 nitrogen and oxygen atoms in total. The smallest absolute Gasteiger partial charge is 0.431 e. The molecule has 108 valence electrons. The van der Waals surface area contributed by atoms with E-state index in [1.165, 1.54) is 30.1 Å². The molecule has 2 N–H and O–H groups in total. The molecule has 0 saturated carbocycles. The zero-order valence-electron chi connectivity index (χ0n) is 10.3. The summed E-state index contributed by atoms with van der Waals surface area (Å²) in [5.41, 5.74) is 0.0336. The molecule has 9 heteroatoms. The van der Waals surface area contributed by atoms with E-state index in [2.05, 4.69) is 0 Å². The molecule has 1 unspecified atom stereocenters. The maximum Gasteiger partial charge on any atom is 0.431 e. The lowest BCUT2D eigenvalue weighted by molar-refractivity contribution is 0.0546. The maximum atomic E-state index is 11.9. The Balaban J connectivity index is 2.47. The SMILES string of the molecule is CN1CC(O)N(N(C(=O)O)c2ccc(Cl)cc2Cl)C1=O. The molecule has 3 amide bonds. The van der Waals surface area contributed by atoms with Crippen LogP contribution in [0.5, 0.6) is 0 Å². The van der Waals surface area contributed by atoms with Crippen molar-refractivity contribution in [3.63, 3.8) is 0 Å². The Hall–Kier alpha value is -1.70. The van der Waals surface area contributed by atoms with Crippen molar-refractivity contribution in [2.24, 2.45) is 0 Å². The van der Waals surface area contributed by atoms with Gasteiger partial charge in [0.05, 0.1) is 17.3 Å². The predicted molar refractivity (Wildman–Crippen MR) is 72.8 cm³/mol. The van der Waals surface area contributed by atoms with Gasteiger partial charge in [0, 0.05) is 12.1 Å². The number of anilines is 1. The van der Waals surface area contributed by atoms with E-state index < -0.39 is 18.4 Å². The van der Waals surface area contributed by atoms with Crippen LogP contribution in [0.15, 0.2) is 18.2 Å². The van der Waals surface area contributed by atoms with Gasteiger partial charge in [-0.25, -0.2) is 9.59 Å². The van der Waals surface area contributed by atoms with E-state index in [9.17, 15) is 19.8 Å². The first-order valence-electron chi connectivity index (χ1n) is 5.53. The van der Waals surface area contributed by atoms with Gasteiger partial charge < -0.3 is 15.1 Å². The Kier molecular flexibility index (Phi) is 3.94. The zero-order valence-corrected chi connectivity index (χ0v) is 11.8. The van der Waals surface area contributed by atoms with Gasteiger partial charge in [0.15, 0.2) is 6.23 Å². The molecule has 1 aliphatic rings. The van der Waals surface area contributed by atoms with Crippen molar-refractivity contribution in [1.82, 2.24) is 9.91 Å². The second-order valence-corrected chi connectivity index (χ2v) is 5.02. The summed E-state index contributed by atoms with van der Waals surface area (Å²) in [4.78, 5) is 24.6. The van der Waals surface area contributed by atoms with Crippen LogP contribution in [0.25, 0.3) is 0 Å². The summed E-state index contributed by atoms with van der Waals surface area (Å²) in [6.45, 7) is -0.00613. The number of amides is 3. The van der Waals surface area contributed by atoms with Gasteiger partial charge in [0.1, 0.15) is 0 Å². The molecule has 20 heavy (non-hydrogen) atoms. The monoisotopic (exact) mass is 319 g/mol. The lowest BCUT2D eigenvalue weighted by atomic mass is 10.3. The Labute approximate surface area is 124 Å². The van der Waals surface area contributed by atoms with E-state index in [0.717, 1.165) is 5.01 Å². The number of carbonyl (C=O) groups is 2. The topological polar surface area (TPSA) is 84.3 Å². The number of likely N-dealkylation sites (N-methyl/N-ethyl adjacent to an activating group) is 1. The van der Waals surface area contributed by atoms with Gasteiger partial charge in [-0.1, -0.05) is 23.2 Å². The van der Waals surface area contributed by atoms with Crippen molar-refractivity contribution in [2.45, 2.75) is 6.23 Å². The fraction of sp³-hybridized carbons (Fsp3) is 0.273. The highest BCUT2D eigenvalue weighted by Crippen LogP contribution is 2.32. The summed E-state index contributed by atoms with van der Waals surface area (Å²) in [7, 11) is 1.45. The average molecular weight is 320 g/mol. The molecule has 1 aromatic carbocycles. The molecule has 0 aromatic heterocycles. The molecule has 0 bridgehead atoms. The number of β-amino-alcohol motifs (C(OH)–C–C–N with tert-alkyl or cyclic N) is 1. The van der Waals surface area contributed by atoms with Crippen molar-refractivity contribution in [1.29, 1.82) is 0 Å². The highest BCUT2D eigenvalue weighted by molar-refractivity contribution is 6.36. The number of hydrogen-bond acceptors (Lipinski definition) is 3. The Bertz CT molecular complexity index is 569. The minimum absolute atomic E-state index is 0.00613. The fourth-order valence-electron chi connectivity index (χ4n) is 1.89. The van der Waals surface area contributed by atoms with Crippen LogP contribution >= 0.6 is 23.2 Å². The molecule has 1 fully saturated rings. The number of urea groups is 1. The van der Waals surface area contributed by atoms with Gasteiger partial charge in [-0.05, 0) is 18.2 Å². The third-order valence-corrected chi connectivity index (χ3v) is 3.31. The molecular formula is C11H11Cl2N3O4.